The maximum atomic E-state index is 12.7. The largest absolute Gasteiger partial charge is 0.268 e. The molecular weight excluding hydrogens is 270 g/mol. The molecule has 0 atom stereocenters. The van der Waals surface area contributed by atoms with Gasteiger partial charge in [-0.25, -0.2) is 12.4 Å². The van der Waals surface area contributed by atoms with Gasteiger partial charge in [0.15, 0.2) is 0 Å². The molecule has 1 heterocycles. The first-order chi connectivity index (χ1) is 9.50. The van der Waals surface area contributed by atoms with E-state index < -0.39 is 10.0 Å². The lowest BCUT2D eigenvalue weighted by atomic mass is 10.2. The van der Waals surface area contributed by atoms with Crippen molar-refractivity contribution in [3.63, 3.8) is 0 Å². The van der Waals surface area contributed by atoms with E-state index in [2.05, 4.69) is 0 Å². The van der Waals surface area contributed by atoms with Crippen LogP contribution in [0.1, 0.15) is 11.1 Å². The topological polar surface area (TPSA) is 39.1 Å². The van der Waals surface area contributed by atoms with Crippen molar-refractivity contribution in [3.05, 3.63) is 65.9 Å². The molecule has 4 heteroatoms. The van der Waals surface area contributed by atoms with Crippen molar-refractivity contribution in [2.75, 3.05) is 0 Å². The third kappa shape index (κ3) is 1.93. The molecule has 0 fully saturated rings. The number of aryl methyl sites for hydroxylation is 2. The van der Waals surface area contributed by atoms with E-state index in [1.807, 2.05) is 50.2 Å². The second-order valence-electron chi connectivity index (χ2n) is 4.94. The first-order valence-corrected chi connectivity index (χ1v) is 7.83. The standard InChI is InChI=1S/C16H15NO2S/c1-12-6-8-15(9-7-12)20(18,19)17-11-10-14-5-3-4-13(2)16(14)17/h3-11H,1-2H3. The van der Waals surface area contributed by atoms with Crippen LogP contribution in [0.15, 0.2) is 59.6 Å². The number of hydrogen-bond donors (Lipinski definition) is 0. The number of para-hydroxylation sites is 1. The average molecular weight is 285 g/mol. The van der Waals surface area contributed by atoms with E-state index in [0.29, 0.717) is 4.90 Å². The highest BCUT2D eigenvalue weighted by molar-refractivity contribution is 7.90. The summed E-state index contributed by atoms with van der Waals surface area (Å²) in [6, 6.07) is 14.5. The maximum Gasteiger partial charge on any atom is 0.268 e. The van der Waals surface area contributed by atoms with Gasteiger partial charge in [0.1, 0.15) is 0 Å². The molecule has 3 aromatic rings. The van der Waals surface area contributed by atoms with Crippen LogP contribution >= 0.6 is 0 Å². The fraction of sp³-hybridized carbons (Fsp3) is 0.125. The van der Waals surface area contributed by atoms with E-state index in [9.17, 15) is 8.42 Å². The van der Waals surface area contributed by atoms with Gasteiger partial charge >= 0.3 is 0 Å². The summed E-state index contributed by atoms with van der Waals surface area (Å²) in [5, 5.41) is 0.931. The monoisotopic (exact) mass is 285 g/mol. The van der Waals surface area contributed by atoms with Crippen LogP contribution in [0.2, 0.25) is 0 Å². The van der Waals surface area contributed by atoms with Crippen molar-refractivity contribution >= 4 is 20.9 Å². The van der Waals surface area contributed by atoms with Crippen molar-refractivity contribution in [1.29, 1.82) is 0 Å². The molecule has 0 bridgehead atoms. The number of rotatable bonds is 2. The summed E-state index contributed by atoms with van der Waals surface area (Å²) in [6.07, 6.45) is 1.62. The zero-order valence-electron chi connectivity index (χ0n) is 11.4. The van der Waals surface area contributed by atoms with Gasteiger partial charge in [0.25, 0.3) is 10.0 Å². The van der Waals surface area contributed by atoms with Gasteiger partial charge < -0.3 is 0 Å². The average Bonchev–Trinajstić information content (AvgIpc) is 2.85. The molecule has 3 nitrogen and oxygen atoms in total. The zero-order valence-corrected chi connectivity index (χ0v) is 12.2. The van der Waals surface area contributed by atoms with Crippen molar-refractivity contribution in [2.45, 2.75) is 18.7 Å². The van der Waals surface area contributed by atoms with Gasteiger partial charge in [0.05, 0.1) is 10.4 Å². The molecule has 2 aromatic carbocycles. The smallest absolute Gasteiger partial charge is 0.241 e. The lowest BCUT2D eigenvalue weighted by molar-refractivity contribution is 0.589. The van der Waals surface area contributed by atoms with Gasteiger partial charge in [-0.1, -0.05) is 35.9 Å². The van der Waals surface area contributed by atoms with Crippen molar-refractivity contribution in [2.24, 2.45) is 0 Å². The van der Waals surface area contributed by atoms with Gasteiger partial charge in [0.2, 0.25) is 0 Å². The first-order valence-electron chi connectivity index (χ1n) is 6.39. The molecule has 0 saturated heterocycles. The Kier molecular flexibility index (Phi) is 2.91. The van der Waals surface area contributed by atoms with Crippen LogP contribution in [0, 0.1) is 13.8 Å². The van der Waals surface area contributed by atoms with Gasteiger partial charge in [-0.15, -0.1) is 0 Å². The number of hydrogen-bond acceptors (Lipinski definition) is 2. The zero-order chi connectivity index (χ0) is 14.3. The second-order valence-corrected chi connectivity index (χ2v) is 6.76. The molecule has 0 radical (unpaired) electrons. The Morgan fingerprint density at radius 2 is 1.60 bits per heavy atom. The molecule has 0 aliphatic carbocycles. The van der Waals surface area contributed by atoms with Crippen LogP contribution in [0.4, 0.5) is 0 Å². The summed E-state index contributed by atoms with van der Waals surface area (Å²) in [6.45, 7) is 3.86. The molecule has 3 rings (SSSR count). The Balaban J connectivity index is 2.27. The SMILES string of the molecule is Cc1ccc(S(=O)(=O)n2ccc3cccc(C)c32)cc1. The summed E-state index contributed by atoms with van der Waals surface area (Å²) in [7, 11) is -3.54. The Hall–Kier alpha value is -2.07. The van der Waals surface area contributed by atoms with Crippen LogP contribution in [-0.4, -0.2) is 12.4 Å². The summed E-state index contributed by atoms with van der Waals surface area (Å²) in [4.78, 5) is 0.309. The summed E-state index contributed by atoms with van der Waals surface area (Å²) < 4.78 is 26.8. The summed E-state index contributed by atoms with van der Waals surface area (Å²) >= 11 is 0. The molecule has 0 N–H and O–H groups in total. The van der Waals surface area contributed by atoms with Crippen LogP contribution in [0.25, 0.3) is 10.9 Å². The Bertz CT molecular complexity index is 874. The minimum Gasteiger partial charge on any atom is -0.241 e. The third-order valence-corrected chi connectivity index (χ3v) is 5.15. The maximum absolute atomic E-state index is 12.7. The predicted molar refractivity (Wildman–Crippen MR) is 80.4 cm³/mol. The van der Waals surface area contributed by atoms with Gasteiger partial charge in [0, 0.05) is 11.6 Å². The van der Waals surface area contributed by atoms with Crippen LogP contribution < -0.4 is 0 Å². The molecule has 0 spiro atoms. The molecule has 0 unspecified atom stereocenters. The quantitative estimate of drug-likeness (QED) is 0.723. The van der Waals surface area contributed by atoms with E-state index in [4.69, 9.17) is 0 Å². The van der Waals surface area contributed by atoms with Gasteiger partial charge in [-0.3, -0.25) is 0 Å². The molecule has 0 saturated carbocycles. The van der Waals surface area contributed by atoms with Crippen molar-refractivity contribution < 1.29 is 8.42 Å². The highest BCUT2D eigenvalue weighted by Crippen LogP contribution is 2.24. The minimum absolute atomic E-state index is 0.309. The van der Waals surface area contributed by atoms with Crippen molar-refractivity contribution in [1.82, 2.24) is 3.97 Å². The van der Waals surface area contributed by atoms with E-state index in [1.165, 1.54) is 3.97 Å². The van der Waals surface area contributed by atoms with Crippen LogP contribution in [-0.2, 0) is 10.0 Å². The van der Waals surface area contributed by atoms with Gasteiger partial charge in [-0.2, -0.15) is 0 Å². The fourth-order valence-corrected chi connectivity index (χ4v) is 3.78. The van der Waals surface area contributed by atoms with Gasteiger partial charge in [-0.05, 0) is 37.6 Å². The van der Waals surface area contributed by atoms with E-state index in [-0.39, 0.29) is 0 Å². The van der Waals surface area contributed by atoms with E-state index in [1.54, 1.807) is 18.3 Å². The van der Waals surface area contributed by atoms with Crippen LogP contribution in [0.3, 0.4) is 0 Å². The summed E-state index contributed by atoms with van der Waals surface area (Å²) in [5.74, 6) is 0. The molecular formula is C16H15NO2S. The Morgan fingerprint density at radius 3 is 2.30 bits per heavy atom. The fourth-order valence-electron chi connectivity index (χ4n) is 2.36. The third-order valence-electron chi connectivity index (χ3n) is 3.46. The number of aromatic nitrogens is 1. The lowest BCUT2D eigenvalue weighted by Gasteiger charge is -2.09. The normalized spacial score (nSPS) is 11.9. The lowest BCUT2D eigenvalue weighted by Crippen LogP contribution is -2.12. The van der Waals surface area contributed by atoms with E-state index in [0.717, 1.165) is 22.0 Å². The highest BCUT2D eigenvalue weighted by atomic mass is 32.2. The Labute approximate surface area is 118 Å². The molecule has 20 heavy (non-hydrogen) atoms. The molecule has 1 aromatic heterocycles. The molecule has 102 valence electrons. The molecule has 0 aliphatic rings. The van der Waals surface area contributed by atoms with Crippen LogP contribution in [0.5, 0.6) is 0 Å². The number of benzene rings is 2. The Morgan fingerprint density at radius 1 is 0.900 bits per heavy atom. The summed E-state index contributed by atoms with van der Waals surface area (Å²) in [5.41, 5.74) is 2.73. The van der Waals surface area contributed by atoms with E-state index >= 15 is 0 Å². The van der Waals surface area contributed by atoms with Crippen molar-refractivity contribution in [3.8, 4) is 0 Å². The number of fused-ring (bicyclic) bond motifs is 1. The second kappa shape index (κ2) is 4.49. The molecule has 0 aliphatic heterocycles. The first kappa shape index (κ1) is 12.9. The number of nitrogens with zero attached hydrogens (tertiary/aromatic N) is 1. The highest BCUT2D eigenvalue weighted by Gasteiger charge is 2.19. The predicted octanol–water partition coefficient (Wildman–Crippen LogP) is 3.50. The molecule has 0 amide bonds. The minimum atomic E-state index is -3.54.